The van der Waals surface area contributed by atoms with E-state index in [9.17, 15) is 4.79 Å². The van der Waals surface area contributed by atoms with Gasteiger partial charge in [-0.05, 0) is 13.0 Å². The van der Waals surface area contributed by atoms with Gasteiger partial charge in [-0.2, -0.15) is 10.2 Å². The van der Waals surface area contributed by atoms with Crippen LogP contribution in [0.4, 0.5) is 5.69 Å². The second kappa shape index (κ2) is 4.18. The predicted molar refractivity (Wildman–Crippen MR) is 58.8 cm³/mol. The molecule has 2 rings (SSSR count). The number of carbonyl (C=O) groups excluding carboxylic acids is 1. The lowest BCUT2D eigenvalue weighted by Crippen LogP contribution is -2.23. The van der Waals surface area contributed by atoms with Crippen molar-refractivity contribution < 1.29 is 4.79 Å². The lowest BCUT2D eigenvalue weighted by Gasteiger charge is -2.11. The van der Waals surface area contributed by atoms with Crippen molar-refractivity contribution in [2.75, 3.05) is 5.32 Å². The van der Waals surface area contributed by atoms with E-state index in [-0.39, 0.29) is 11.9 Å². The molecule has 0 fully saturated rings. The number of aryl methyl sites for hydroxylation is 1. The molecule has 0 radical (unpaired) electrons. The van der Waals surface area contributed by atoms with Crippen molar-refractivity contribution in [3.8, 4) is 0 Å². The third kappa shape index (κ3) is 2.10. The molecule has 2 aromatic rings. The molecule has 0 unspecified atom stereocenters. The first kappa shape index (κ1) is 10.4. The van der Waals surface area contributed by atoms with Crippen molar-refractivity contribution in [2.45, 2.75) is 13.0 Å². The van der Waals surface area contributed by atoms with Crippen LogP contribution in [0.5, 0.6) is 0 Å². The maximum atomic E-state index is 11.8. The molecular weight excluding hydrogens is 206 g/mol. The molecule has 16 heavy (non-hydrogen) atoms. The first-order valence-electron chi connectivity index (χ1n) is 4.95. The predicted octanol–water partition coefficient (Wildman–Crippen LogP) is 0.816. The molecule has 1 atom stereocenters. The van der Waals surface area contributed by atoms with Gasteiger partial charge in [-0.1, -0.05) is 0 Å². The van der Waals surface area contributed by atoms with E-state index in [1.165, 1.54) is 0 Å². The molecular formula is C10H13N5O. The second-order valence-corrected chi connectivity index (χ2v) is 3.55. The van der Waals surface area contributed by atoms with Gasteiger partial charge in [-0.25, -0.2) is 0 Å². The van der Waals surface area contributed by atoms with Crippen LogP contribution < -0.4 is 5.32 Å². The quantitative estimate of drug-likeness (QED) is 0.831. The summed E-state index contributed by atoms with van der Waals surface area (Å²) >= 11 is 0. The number of aromatic nitrogens is 4. The highest BCUT2D eigenvalue weighted by Gasteiger charge is 2.15. The number of hydrogen-bond donors (Lipinski definition) is 1. The Balaban J connectivity index is 2.03. The van der Waals surface area contributed by atoms with Crippen LogP contribution in [0.3, 0.4) is 0 Å². The topological polar surface area (TPSA) is 64.7 Å². The molecule has 2 aromatic heterocycles. The van der Waals surface area contributed by atoms with Crippen LogP contribution in [0.15, 0.2) is 30.9 Å². The van der Waals surface area contributed by atoms with Crippen LogP contribution in [0.25, 0.3) is 0 Å². The minimum absolute atomic E-state index is 0.114. The van der Waals surface area contributed by atoms with Gasteiger partial charge in [-0.3, -0.25) is 14.2 Å². The molecule has 0 saturated carbocycles. The summed E-state index contributed by atoms with van der Waals surface area (Å²) in [5.41, 5.74) is 0.687. The van der Waals surface area contributed by atoms with Gasteiger partial charge in [0.25, 0.3) is 0 Å². The molecule has 0 aliphatic carbocycles. The molecule has 0 bridgehead atoms. The molecule has 2 heterocycles. The van der Waals surface area contributed by atoms with Gasteiger partial charge in [-0.15, -0.1) is 0 Å². The fourth-order valence-corrected chi connectivity index (χ4v) is 1.36. The van der Waals surface area contributed by atoms with E-state index in [4.69, 9.17) is 0 Å². The largest absolute Gasteiger partial charge is 0.322 e. The third-order valence-electron chi connectivity index (χ3n) is 2.27. The fourth-order valence-electron chi connectivity index (χ4n) is 1.36. The van der Waals surface area contributed by atoms with Crippen molar-refractivity contribution >= 4 is 11.6 Å². The third-order valence-corrected chi connectivity index (χ3v) is 2.27. The molecule has 1 amide bonds. The first-order chi connectivity index (χ1) is 7.66. The highest BCUT2D eigenvalue weighted by Crippen LogP contribution is 2.09. The Bertz CT molecular complexity index is 473. The van der Waals surface area contributed by atoms with Gasteiger partial charge < -0.3 is 5.32 Å². The molecule has 1 N–H and O–H groups in total. The van der Waals surface area contributed by atoms with E-state index < -0.39 is 0 Å². The Kier molecular flexibility index (Phi) is 2.72. The average Bonchev–Trinajstić information content (AvgIpc) is 2.88. The van der Waals surface area contributed by atoms with Gasteiger partial charge >= 0.3 is 0 Å². The lowest BCUT2D eigenvalue weighted by atomic mass is 10.3. The van der Waals surface area contributed by atoms with Gasteiger partial charge in [0, 0.05) is 25.6 Å². The molecule has 84 valence electrons. The number of anilines is 1. The van der Waals surface area contributed by atoms with E-state index in [0.717, 1.165) is 0 Å². The normalized spacial score (nSPS) is 12.4. The maximum Gasteiger partial charge on any atom is 0.249 e. The molecule has 0 spiro atoms. The standard InChI is InChI=1S/C10H13N5O/c1-8(15-5-3-4-11-15)10(16)13-9-6-12-14(2)7-9/h3-8H,1-2H3,(H,13,16)/t8-/m1/s1. The van der Waals surface area contributed by atoms with E-state index in [1.807, 2.05) is 0 Å². The zero-order valence-electron chi connectivity index (χ0n) is 9.16. The van der Waals surface area contributed by atoms with E-state index in [1.54, 1.807) is 54.2 Å². The highest BCUT2D eigenvalue weighted by molar-refractivity contribution is 5.93. The Morgan fingerprint density at radius 3 is 2.88 bits per heavy atom. The summed E-state index contributed by atoms with van der Waals surface area (Å²) in [5.74, 6) is -0.114. The van der Waals surface area contributed by atoms with Crippen LogP contribution in [0.2, 0.25) is 0 Å². The highest BCUT2D eigenvalue weighted by atomic mass is 16.2. The van der Waals surface area contributed by atoms with Crippen molar-refractivity contribution in [3.05, 3.63) is 30.9 Å². The lowest BCUT2D eigenvalue weighted by molar-refractivity contribution is -0.119. The molecule has 6 heteroatoms. The van der Waals surface area contributed by atoms with Crippen LogP contribution in [-0.2, 0) is 11.8 Å². The monoisotopic (exact) mass is 219 g/mol. The van der Waals surface area contributed by atoms with Crippen molar-refractivity contribution in [3.63, 3.8) is 0 Å². The molecule has 6 nitrogen and oxygen atoms in total. The zero-order valence-corrected chi connectivity index (χ0v) is 9.16. The SMILES string of the molecule is C[C@H](C(=O)Nc1cnn(C)c1)n1cccn1. The number of nitrogens with zero attached hydrogens (tertiary/aromatic N) is 4. The summed E-state index contributed by atoms with van der Waals surface area (Å²) in [6.07, 6.45) is 6.75. The van der Waals surface area contributed by atoms with Crippen LogP contribution in [0.1, 0.15) is 13.0 Å². The summed E-state index contributed by atoms with van der Waals surface area (Å²) in [6, 6.07) is 1.45. The summed E-state index contributed by atoms with van der Waals surface area (Å²) in [7, 11) is 1.80. The van der Waals surface area contributed by atoms with E-state index >= 15 is 0 Å². The number of nitrogens with one attached hydrogen (secondary N) is 1. The number of carbonyl (C=O) groups is 1. The summed E-state index contributed by atoms with van der Waals surface area (Å²) < 4.78 is 3.24. The number of rotatable bonds is 3. The minimum Gasteiger partial charge on any atom is -0.322 e. The summed E-state index contributed by atoms with van der Waals surface area (Å²) in [4.78, 5) is 11.8. The smallest absolute Gasteiger partial charge is 0.249 e. The second-order valence-electron chi connectivity index (χ2n) is 3.55. The van der Waals surface area contributed by atoms with Crippen LogP contribution in [0, 0.1) is 0 Å². The Morgan fingerprint density at radius 1 is 1.50 bits per heavy atom. The molecule has 0 aliphatic rings. The summed E-state index contributed by atoms with van der Waals surface area (Å²) in [5, 5.41) is 10.8. The van der Waals surface area contributed by atoms with Gasteiger partial charge in [0.05, 0.1) is 11.9 Å². The van der Waals surface area contributed by atoms with Gasteiger partial charge in [0.2, 0.25) is 5.91 Å². The Labute approximate surface area is 92.9 Å². The maximum absolute atomic E-state index is 11.8. The summed E-state index contributed by atoms with van der Waals surface area (Å²) in [6.45, 7) is 1.79. The molecule has 0 aliphatic heterocycles. The molecule has 0 aromatic carbocycles. The minimum atomic E-state index is -0.338. The average molecular weight is 219 g/mol. The number of amides is 1. The zero-order chi connectivity index (χ0) is 11.5. The van der Waals surface area contributed by atoms with Crippen LogP contribution in [-0.4, -0.2) is 25.5 Å². The van der Waals surface area contributed by atoms with Gasteiger partial charge in [0.15, 0.2) is 0 Å². The molecule has 0 saturated heterocycles. The van der Waals surface area contributed by atoms with Crippen LogP contribution >= 0.6 is 0 Å². The van der Waals surface area contributed by atoms with Crippen molar-refractivity contribution in [2.24, 2.45) is 7.05 Å². The van der Waals surface area contributed by atoms with E-state index in [2.05, 4.69) is 15.5 Å². The van der Waals surface area contributed by atoms with E-state index in [0.29, 0.717) is 5.69 Å². The number of hydrogen-bond acceptors (Lipinski definition) is 3. The van der Waals surface area contributed by atoms with Crippen molar-refractivity contribution in [1.82, 2.24) is 19.6 Å². The fraction of sp³-hybridized carbons (Fsp3) is 0.300. The first-order valence-corrected chi connectivity index (χ1v) is 4.95. The van der Waals surface area contributed by atoms with Crippen molar-refractivity contribution in [1.29, 1.82) is 0 Å². The Morgan fingerprint density at radius 2 is 2.31 bits per heavy atom. The van der Waals surface area contributed by atoms with Gasteiger partial charge in [0.1, 0.15) is 6.04 Å². The Hall–Kier alpha value is -2.11.